The Morgan fingerprint density at radius 2 is 1.79 bits per heavy atom. The number of nitro groups is 1. The number of nitro benzene ring substituents is 1. The van der Waals surface area contributed by atoms with E-state index in [9.17, 15) is 10.1 Å². The molecule has 8 heteroatoms. The molecule has 0 unspecified atom stereocenters. The van der Waals surface area contributed by atoms with Gasteiger partial charge in [-0.1, -0.05) is 11.6 Å². The molecule has 0 saturated carbocycles. The van der Waals surface area contributed by atoms with Crippen molar-refractivity contribution in [1.82, 2.24) is 10.2 Å². The van der Waals surface area contributed by atoms with Crippen molar-refractivity contribution in [2.75, 3.05) is 0 Å². The number of hydrogen-bond acceptors (Lipinski definition) is 6. The molecule has 1 atom stereocenters. The van der Waals surface area contributed by atoms with Crippen molar-refractivity contribution in [3.63, 3.8) is 0 Å². The van der Waals surface area contributed by atoms with Crippen LogP contribution >= 0.6 is 23.4 Å². The number of non-ortho nitro benzene ring substituents is 1. The van der Waals surface area contributed by atoms with Crippen molar-refractivity contribution in [2.45, 2.75) is 17.1 Å². The fourth-order valence-corrected chi connectivity index (χ4v) is 3.03. The van der Waals surface area contributed by atoms with Crippen LogP contribution in [0.4, 0.5) is 5.69 Å². The third-order valence-corrected chi connectivity index (χ3v) is 4.59. The SMILES string of the molecule is C[C@@H](Sc1ccc(Cl)cc1)c1nnc(-c2ccc([N+](=O)[O-])cc2)o1. The predicted molar refractivity (Wildman–Crippen MR) is 92.1 cm³/mol. The molecule has 1 aromatic heterocycles. The lowest BCUT2D eigenvalue weighted by molar-refractivity contribution is -0.384. The Balaban J connectivity index is 1.74. The first-order valence-corrected chi connectivity index (χ1v) is 8.29. The topological polar surface area (TPSA) is 82.1 Å². The zero-order valence-corrected chi connectivity index (χ0v) is 14.1. The minimum atomic E-state index is -0.451. The van der Waals surface area contributed by atoms with E-state index in [0.717, 1.165) is 4.90 Å². The molecule has 0 aliphatic heterocycles. The molecule has 3 aromatic rings. The van der Waals surface area contributed by atoms with Gasteiger partial charge in [-0.25, -0.2) is 0 Å². The first-order chi connectivity index (χ1) is 11.5. The number of benzene rings is 2. The highest BCUT2D eigenvalue weighted by Gasteiger charge is 2.17. The monoisotopic (exact) mass is 361 g/mol. The fourth-order valence-electron chi connectivity index (χ4n) is 2.01. The molecule has 0 saturated heterocycles. The average molecular weight is 362 g/mol. The number of halogens is 1. The molecule has 2 aromatic carbocycles. The van der Waals surface area contributed by atoms with Crippen molar-refractivity contribution >= 4 is 29.1 Å². The molecule has 0 fully saturated rings. The second-order valence-electron chi connectivity index (χ2n) is 4.96. The summed E-state index contributed by atoms with van der Waals surface area (Å²) in [7, 11) is 0. The average Bonchev–Trinajstić information content (AvgIpc) is 3.07. The Morgan fingerprint density at radius 3 is 2.42 bits per heavy atom. The molecular weight excluding hydrogens is 350 g/mol. The van der Waals surface area contributed by atoms with Crippen molar-refractivity contribution in [1.29, 1.82) is 0 Å². The van der Waals surface area contributed by atoms with Crippen LogP contribution in [0.5, 0.6) is 0 Å². The zero-order valence-electron chi connectivity index (χ0n) is 12.5. The van der Waals surface area contributed by atoms with Crippen LogP contribution in [0.2, 0.25) is 5.02 Å². The van der Waals surface area contributed by atoms with Gasteiger partial charge in [0.25, 0.3) is 5.69 Å². The molecule has 0 aliphatic carbocycles. The molecule has 3 rings (SSSR count). The summed E-state index contributed by atoms with van der Waals surface area (Å²) >= 11 is 7.45. The Hall–Kier alpha value is -2.38. The highest BCUT2D eigenvalue weighted by molar-refractivity contribution is 7.99. The largest absolute Gasteiger partial charge is 0.419 e. The highest BCUT2D eigenvalue weighted by atomic mass is 35.5. The molecular formula is C16H12ClN3O3S. The van der Waals surface area contributed by atoms with E-state index in [2.05, 4.69) is 10.2 Å². The maximum atomic E-state index is 10.7. The van der Waals surface area contributed by atoms with Crippen LogP contribution in [0, 0.1) is 10.1 Å². The maximum absolute atomic E-state index is 10.7. The van der Waals surface area contributed by atoms with E-state index in [-0.39, 0.29) is 10.9 Å². The van der Waals surface area contributed by atoms with E-state index in [1.807, 2.05) is 31.2 Å². The lowest BCUT2D eigenvalue weighted by Gasteiger charge is -2.06. The number of aromatic nitrogens is 2. The minimum absolute atomic E-state index is 0.0187. The van der Waals surface area contributed by atoms with Crippen molar-refractivity contribution in [3.8, 4) is 11.5 Å². The van der Waals surface area contributed by atoms with Crippen LogP contribution in [-0.4, -0.2) is 15.1 Å². The minimum Gasteiger partial charge on any atom is -0.419 e. The molecule has 24 heavy (non-hydrogen) atoms. The fraction of sp³-hybridized carbons (Fsp3) is 0.125. The third-order valence-electron chi connectivity index (χ3n) is 3.24. The number of rotatable bonds is 5. The van der Waals surface area contributed by atoms with Gasteiger partial charge in [-0.05, 0) is 43.3 Å². The first-order valence-electron chi connectivity index (χ1n) is 7.03. The third kappa shape index (κ3) is 3.74. The van der Waals surface area contributed by atoms with Gasteiger partial charge in [0.05, 0.1) is 10.2 Å². The van der Waals surface area contributed by atoms with Crippen molar-refractivity contribution in [3.05, 3.63) is 69.6 Å². The molecule has 122 valence electrons. The van der Waals surface area contributed by atoms with Gasteiger partial charge in [-0.2, -0.15) is 0 Å². The predicted octanol–water partition coefficient (Wildman–Crippen LogP) is 5.15. The van der Waals surface area contributed by atoms with Gasteiger partial charge >= 0.3 is 0 Å². The maximum Gasteiger partial charge on any atom is 0.269 e. The molecule has 0 N–H and O–H groups in total. The molecule has 0 amide bonds. The van der Waals surface area contributed by atoms with Crippen LogP contribution in [0.1, 0.15) is 18.1 Å². The molecule has 0 radical (unpaired) electrons. The van der Waals surface area contributed by atoms with E-state index in [0.29, 0.717) is 22.4 Å². The molecule has 6 nitrogen and oxygen atoms in total. The highest BCUT2D eigenvalue weighted by Crippen LogP contribution is 2.35. The second-order valence-corrected chi connectivity index (χ2v) is 6.81. The van der Waals surface area contributed by atoms with Crippen LogP contribution < -0.4 is 0 Å². The van der Waals surface area contributed by atoms with Gasteiger partial charge in [0, 0.05) is 27.6 Å². The Morgan fingerprint density at radius 1 is 1.12 bits per heavy atom. The second kappa shape index (κ2) is 7.02. The molecule has 1 heterocycles. The smallest absolute Gasteiger partial charge is 0.269 e. The Labute approximate surface area is 147 Å². The van der Waals surface area contributed by atoms with Gasteiger partial charge in [0.1, 0.15) is 0 Å². The van der Waals surface area contributed by atoms with Gasteiger partial charge in [-0.3, -0.25) is 10.1 Å². The summed E-state index contributed by atoms with van der Waals surface area (Å²) in [4.78, 5) is 11.3. The summed E-state index contributed by atoms with van der Waals surface area (Å²) in [5.74, 6) is 0.826. The molecule has 0 spiro atoms. The normalized spacial score (nSPS) is 12.1. The summed E-state index contributed by atoms with van der Waals surface area (Å²) < 4.78 is 5.69. The summed E-state index contributed by atoms with van der Waals surface area (Å²) in [5.41, 5.74) is 0.660. The lowest BCUT2D eigenvalue weighted by Crippen LogP contribution is -1.88. The van der Waals surface area contributed by atoms with E-state index >= 15 is 0 Å². The standard InChI is InChI=1S/C16H12ClN3O3S/c1-10(24-14-8-4-12(17)5-9-14)15-18-19-16(23-15)11-2-6-13(7-3-11)20(21)22/h2-10H,1H3/t10-/m1/s1. The molecule has 0 aliphatic rings. The van der Waals surface area contributed by atoms with Crippen LogP contribution in [-0.2, 0) is 0 Å². The van der Waals surface area contributed by atoms with E-state index in [1.54, 1.807) is 23.9 Å². The molecule has 0 bridgehead atoms. The van der Waals surface area contributed by atoms with Gasteiger partial charge in [-0.15, -0.1) is 22.0 Å². The van der Waals surface area contributed by atoms with Crippen LogP contribution in [0.25, 0.3) is 11.5 Å². The van der Waals surface area contributed by atoms with E-state index in [1.165, 1.54) is 12.1 Å². The Bertz CT molecular complexity index is 850. The van der Waals surface area contributed by atoms with Gasteiger partial charge < -0.3 is 4.42 Å². The van der Waals surface area contributed by atoms with Crippen LogP contribution in [0.15, 0.2) is 57.8 Å². The zero-order chi connectivity index (χ0) is 17.1. The number of hydrogen-bond donors (Lipinski definition) is 0. The number of nitrogens with zero attached hydrogens (tertiary/aromatic N) is 3. The van der Waals surface area contributed by atoms with Gasteiger partial charge in [0.15, 0.2) is 0 Å². The van der Waals surface area contributed by atoms with E-state index in [4.69, 9.17) is 16.0 Å². The summed E-state index contributed by atoms with van der Waals surface area (Å²) in [6, 6.07) is 13.5. The first kappa shape index (κ1) is 16.5. The summed E-state index contributed by atoms with van der Waals surface area (Å²) in [5, 5.41) is 19.4. The number of thioether (sulfide) groups is 1. The van der Waals surface area contributed by atoms with Gasteiger partial charge in [0.2, 0.25) is 11.8 Å². The van der Waals surface area contributed by atoms with Crippen LogP contribution in [0.3, 0.4) is 0 Å². The summed E-state index contributed by atoms with van der Waals surface area (Å²) in [6.45, 7) is 1.96. The lowest BCUT2D eigenvalue weighted by atomic mass is 10.2. The van der Waals surface area contributed by atoms with E-state index < -0.39 is 4.92 Å². The van der Waals surface area contributed by atoms with Crippen molar-refractivity contribution in [2.24, 2.45) is 0 Å². The quantitative estimate of drug-likeness (QED) is 0.355. The summed E-state index contributed by atoms with van der Waals surface area (Å²) in [6.07, 6.45) is 0. The van der Waals surface area contributed by atoms with Crippen molar-refractivity contribution < 1.29 is 9.34 Å². The Kier molecular flexibility index (Phi) is 4.82.